The fourth-order valence-electron chi connectivity index (χ4n) is 13.9. The van der Waals surface area contributed by atoms with Crippen molar-refractivity contribution in [3.63, 3.8) is 0 Å². The van der Waals surface area contributed by atoms with E-state index in [4.69, 9.17) is 18.5 Å². The average molecular weight is 1460 g/mol. The molecule has 2 atom stereocenters. The zero-order valence-corrected chi connectivity index (χ0v) is 70.0. The first-order chi connectivity index (χ1) is 50.0. The van der Waals surface area contributed by atoms with E-state index in [0.29, 0.717) is 17.4 Å². The van der Waals surface area contributed by atoms with Gasteiger partial charge in [0.15, 0.2) is 6.10 Å². The topological polar surface area (TPSA) is 111 Å². The molecule has 0 aromatic carbocycles. The number of carbonyl (C=O) groups excluding carboxylic acids is 2. The van der Waals surface area contributed by atoms with Crippen molar-refractivity contribution in [1.29, 1.82) is 0 Å². The van der Waals surface area contributed by atoms with Crippen LogP contribution in [0.5, 0.6) is 0 Å². The summed E-state index contributed by atoms with van der Waals surface area (Å²) in [7, 11) is 1.19. The molecule has 0 saturated heterocycles. The van der Waals surface area contributed by atoms with Crippen LogP contribution in [0, 0.1) is 0 Å². The van der Waals surface area contributed by atoms with Gasteiger partial charge in [-0.25, -0.2) is 0 Å². The summed E-state index contributed by atoms with van der Waals surface area (Å²) in [5.41, 5.74) is 0. The van der Waals surface area contributed by atoms with Crippen molar-refractivity contribution in [2.45, 2.75) is 482 Å². The summed E-state index contributed by atoms with van der Waals surface area (Å²) in [6, 6.07) is 0. The number of unbranched alkanes of at least 4 members (excludes halogenated alkanes) is 64. The van der Waals surface area contributed by atoms with Crippen molar-refractivity contribution < 1.29 is 42.1 Å². The lowest BCUT2D eigenvalue weighted by molar-refractivity contribution is -0.870. The number of phosphoric ester groups is 1. The molecule has 2 unspecified atom stereocenters. The van der Waals surface area contributed by atoms with Crippen molar-refractivity contribution >= 4 is 19.8 Å². The van der Waals surface area contributed by atoms with Gasteiger partial charge in [-0.15, -0.1) is 0 Å². The van der Waals surface area contributed by atoms with Gasteiger partial charge >= 0.3 is 11.9 Å². The Kier molecular flexibility index (Phi) is 81.4. The van der Waals surface area contributed by atoms with E-state index < -0.39 is 26.5 Å². The number of hydrogen-bond donors (Lipinski definition) is 0. The van der Waals surface area contributed by atoms with E-state index in [1.165, 1.54) is 398 Å². The fraction of sp³-hybridized carbons (Fsp3) is 0.891. The second-order valence-electron chi connectivity index (χ2n) is 32.3. The molecule has 0 fully saturated rings. The summed E-state index contributed by atoms with van der Waals surface area (Å²) in [6.07, 6.45) is 111. The van der Waals surface area contributed by atoms with Crippen molar-refractivity contribution in [2.75, 3.05) is 47.5 Å². The van der Waals surface area contributed by atoms with E-state index in [0.717, 1.165) is 44.9 Å². The summed E-state index contributed by atoms with van der Waals surface area (Å²) in [6.45, 7) is 4.31. The van der Waals surface area contributed by atoms with Gasteiger partial charge in [0.2, 0.25) is 0 Å². The first-order valence-electron chi connectivity index (χ1n) is 45.3. The molecule has 0 saturated carbocycles. The summed E-state index contributed by atoms with van der Waals surface area (Å²) in [5, 5.41) is 0. The van der Waals surface area contributed by atoms with Crippen LogP contribution in [0.25, 0.3) is 0 Å². The first kappa shape index (κ1) is 100.0. The number of nitrogens with zero attached hydrogens (tertiary/aromatic N) is 1. The van der Waals surface area contributed by atoms with Crippen LogP contribution in [0.1, 0.15) is 476 Å². The maximum Gasteiger partial charge on any atom is 0.306 e. The molecule has 0 rings (SSSR count). The van der Waals surface area contributed by atoms with E-state index in [1.807, 2.05) is 21.1 Å². The van der Waals surface area contributed by atoms with Gasteiger partial charge in [0.25, 0.3) is 7.82 Å². The molecule has 0 bridgehead atoms. The molecule has 602 valence electrons. The Morgan fingerprint density at radius 2 is 0.529 bits per heavy atom. The zero-order valence-electron chi connectivity index (χ0n) is 69.1. The van der Waals surface area contributed by atoms with E-state index >= 15 is 0 Å². The third kappa shape index (κ3) is 86.9. The zero-order chi connectivity index (χ0) is 74.0. The largest absolute Gasteiger partial charge is 0.756 e. The minimum absolute atomic E-state index is 0.0274. The van der Waals surface area contributed by atoms with E-state index in [9.17, 15) is 19.0 Å². The molecule has 0 aromatic rings. The van der Waals surface area contributed by atoms with Crippen LogP contribution in [-0.2, 0) is 32.7 Å². The minimum Gasteiger partial charge on any atom is -0.756 e. The Balaban J connectivity index is 3.83. The normalized spacial score (nSPS) is 13.1. The summed E-state index contributed by atoms with van der Waals surface area (Å²) >= 11 is 0. The van der Waals surface area contributed by atoms with Crippen LogP contribution in [0.4, 0.5) is 0 Å². The highest BCUT2D eigenvalue weighted by Gasteiger charge is 2.22. The Morgan fingerprint density at radius 3 is 0.794 bits per heavy atom. The van der Waals surface area contributed by atoms with Gasteiger partial charge in [-0.1, -0.05) is 435 Å². The van der Waals surface area contributed by atoms with Crippen LogP contribution in [-0.4, -0.2) is 70.0 Å². The number of likely N-dealkylation sites (N-methyl/N-ethyl adjacent to an activating group) is 1. The van der Waals surface area contributed by atoms with Crippen molar-refractivity contribution in [3.8, 4) is 0 Å². The van der Waals surface area contributed by atoms with Gasteiger partial charge in [-0.2, -0.15) is 0 Å². The molecule has 0 radical (unpaired) electrons. The predicted octanol–water partition coefficient (Wildman–Crippen LogP) is 30.0. The van der Waals surface area contributed by atoms with E-state index in [-0.39, 0.29) is 32.0 Å². The summed E-state index contributed by atoms with van der Waals surface area (Å²) in [5.74, 6) is -0.805. The Labute approximate surface area is 636 Å². The number of esters is 2. The highest BCUT2D eigenvalue weighted by molar-refractivity contribution is 7.45. The molecule has 10 heteroatoms. The maximum atomic E-state index is 12.9. The highest BCUT2D eigenvalue weighted by atomic mass is 31.2. The Morgan fingerprint density at radius 1 is 0.304 bits per heavy atom. The molecule has 0 aliphatic carbocycles. The lowest BCUT2D eigenvalue weighted by Crippen LogP contribution is -2.37. The van der Waals surface area contributed by atoms with E-state index in [1.54, 1.807) is 0 Å². The molecule has 0 N–H and O–H groups in total. The number of ether oxygens (including phenoxy) is 2. The first-order valence-corrected chi connectivity index (χ1v) is 46.8. The fourth-order valence-corrected chi connectivity index (χ4v) is 14.6. The highest BCUT2D eigenvalue weighted by Crippen LogP contribution is 2.38. The van der Waals surface area contributed by atoms with Gasteiger partial charge in [-0.3, -0.25) is 14.2 Å². The predicted molar refractivity (Wildman–Crippen MR) is 444 cm³/mol. The van der Waals surface area contributed by atoms with Crippen molar-refractivity contribution in [1.82, 2.24) is 0 Å². The van der Waals surface area contributed by atoms with Gasteiger partial charge in [0.1, 0.15) is 19.8 Å². The second kappa shape index (κ2) is 83.0. The number of hydrogen-bond acceptors (Lipinski definition) is 8. The molecule has 9 nitrogen and oxygen atoms in total. The minimum atomic E-state index is -4.65. The van der Waals surface area contributed by atoms with E-state index in [2.05, 4.69) is 62.5 Å². The molecular weight excluding hydrogens is 1280 g/mol. The quantitative estimate of drug-likeness (QED) is 0.0195. The number of quaternary nitrogens is 1. The molecule has 0 aliphatic rings. The van der Waals surface area contributed by atoms with Gasteiger partial charge in [0, 0.05) is 12.8 Å². The van der Waals surface area contributed by atoms with Crippen molar-refractivity contribution in [2.24, 2.45) is 0 Å². The molecule has 0 heterocycles. The lowest BCUT2D eigenvalue weighted by atomic mass is 10.0. The third-order valence-electron chi connectivity index (χ3n) is 20.8. The monoisotopic (exact) mass is 1450 g/mol. The molecule has 0 aromatic heterocycles. The second-order valence-corrected chi connectivity index (χ2v) is 33.7. The molecule has 0 amide bonds. The molecular formula is C92H176NO8P. The van der Waals surface area contributed by atoms with Gasteiger partial charge in [-0.05, 0) is 77.0 Å². The standard InChI is InChI=1S/C92H176NO8P/c1-6-8-10-12-14-16-18-20-22-24-26-28-30-32-34-36-38-40-42-44-45-46-47-49-50-52-54-56-58-60-62-64-66-68-70-72-74-76-78-80-82-84-91(94)98-88-90(89-100-102(96,97)99-87-86-93(3,4)5)101-92(95)85-83-81-79-77-75-73-71-69-67-65-63-61-59-57-55-53-51-48-43-41-39-37-35-33-31-29-27-25-23-21-19-17-15-13-11-9-7-2/h19,21,24-27,31,33,90H,6-18,20,22-23,28-30,32,34-89H2,1-5H3/b21-19-,26-24-,27-25-,33-31-. The number of rotatable bonds is 86. The Hall–Kier alpha value is -2.03. The van der Waals surface area contributed by atoms with Gasteiger partial charge < -0.3 is 27.9 Å². The smallest absolute Gasteiger partial charge is 0.306 e. The lowest BCUT2D eigenvalue weighted by Gasteiger charge is -2.28. The third-order valence-corrected chi connectivity index (χ3v) is 21.8. The number of carbonyl (C=O) groups is 2. The molecule has 0 spiro atoms. The summed E-state index contributed by atoms with van der Waals surface area (Å²) in [4.78, 5) is 38.3. The molecule has 102 heavy (non-hydrogen) atoms. The van der Waals surface area contributed by atoms with Crippen molar-refractivity contribution in [3.05, 3.63) is 48.6 Å². The van der Waals surface area contributed by atoms with Gasteiger partial charge in [0.05, 0.1) is 27.7 Å². The van der Waals surface area contributed by atoms with Crippen LogP contribution in [0.15, 0.2) is 48.6 Å². The Bertz CT molecular complexity index is 1860. The van der Waals surface area contributed by atoms with Crippen LogP contribution in [0.2, 0.25) is 0 Å². The number of allylic oxidation sites excluding steroid dienone is 8. The van der Waals surface area contributed by atoms with Crippen LogP contribution in [0.3, 0.4) is 0 Å². The average Bonchev–Trinajstić information content (AvgIpc) is 0.913. The van der Waals surface area contributed by atoms with Crippen LogP contribution >= 0.6 is 7.82 Å². The maximum absolute atomic E-state index is 12.9. The number of phosphoric acid groups is 1. The van der Waals surface area contributed by atoms with Crippen LogP contribution < -0.4 is 4.89 Å². The molecule has 0 aliphatic heterocycles. The SMILES string of the molecule is CCCCCCC/C=C\C/C=C\C/C=C\CCCCCCCCCCCCCCCCCCCCCCCCC(=O)OC(COC(=O)CCCCCCCCCCCCCCCCCCCCCCCCCCCCCCC/C=C\CCCCCCCCCC)COP(=O)([O-])OCC[N+](C)(C)C. The summed E-state index contributed by atoms with van der Waals surface area (Å²) < 4.78 is 34.5.